The van der Waals surface area contributed by atoms with E-state index in [2.05, 4.69) is 11.9 Å². The van der Waals surface area contributed by atoms with Crippen LogP contribution in [0.25, 0.3) is 0 Å². The van der Waals surface area contributed by atoms with Crippen LogP contribution in [0.2, 0.25) is 0 Å². The fraction of sp³-hybridized carbons (Fsp3) is 0.583. The van der Waals surface area contributed by atoms with Gasteiger partial charge in [0.2, 0.25) is 0 Å². The molecule has 0 amide bonds. The maximum absolute atomic E-state index is 12.5. The van der Waals surface area contributed by atoms with Crippen molar-refractivity contribution >= 4 is 11.9 Å². The molecule has 0 aliphatic carbocycles. The Morgan fingerprint density at radius 2 is 1.88 bits per heavy atom. The third-order valence-electron chi connectivity index (χ3n) is 5.43. The van der Waals surface area contributed by atoms with E-state index >= 15 is 0 Å². The summed E-state index contributed by atoms with van der Waals surface area (Å²) in [5.41, 5.74) is 1.36. The van der Waals surface area contributed by atoms with Gasteiger partial charge in [-0.2, -0.15) is 0 Å². The lowest BCUT2D eigenvalue weighted by molar-refractivity contribution is -0.273. The van der Waals surface area contributed by atoms with Crippen molar-refractivity contribution < 1.29 is 39.1 Å². The molecule has 0 aromatic heterocycles. The maximum atomic E-state index is 12.5. The van der Waals surface area contributed by atoms with Crippen molar-refractivity contribution in [3.63, 3.8) is 0 Å². The van der Waals surface area contributed by atoms with Crippen molar-refractivity contribution in [1.82, 2.24) is 5.32 Å². The van der Waals surface area contributed by atoms with E-state index < -0.39 is 42.6 Å². The molecule has 9 nitrogen and oxygen atoms in total. The smallest absolute Gasteiger partial charge is 0.306 e. The summed E-state index contributed by atoms with van der Waals surface area (Å²) >= 11 is 0. The number of hydrogen-bond acceptors (Lipinski definition) is 8. The molecule has 184 valence electrons. The molecule has 1 aromatic carbocycles. The van der Waals surface area contributed by atoms with Crippen molar-refractivity contribution in [3.8, 4) is 0 Å². The third kappa shape index (κ3) is 9.51. The lowest BCUT2D eigenvalue weighted by atomic mass is 10.0. The van der Waals surface area contributed by atoms with E-state index in [1.54, 1.807) is 13.8 Å². The molecule has 0 saturated carbocycles. The van der Waals surface area contributed by atoms with Crippen LogP contribution < -0.4 is 5.32 Å². The zero-order valence-electron chi connectivity index (χ0n) is 19.2. The Hall–Kier alpha value is -2.46. The zero-order valence-corrected chi connectivity index (χ0v) is 19.2. The Morgan fingerprint density at radius 1 is 1.18 bits per heavy atom. The van der Waals surface area contributed by atoms with Gasteiger partial charge in [-0.05, 0) is 32.3 Å². The number of carboxylic acid groups (broad SMARTS) is 1. The second-order valence-electron chi connectivity index (χ2n) is 8.33. The Kier molecular flexibility index (Phi) is 10.8. The number of carbonyl (C=O) groups excluding carboxylic acids is 1. The predicted octanol–water partition coefficient (Wildman–Crippen LogP) is 2.28. The summed E-state index contributed by atoms with van der Waals surface area (Å²) in [6.07, 6.45) is -3.03. The molecule has 0 spiro atoms. The monoisotopic (exact) mass is 465 g/mol. The average Bonchev–Trinajstić information content (AvgIpc) is 2.78. The van der Waals surface area contributed by atoms with Crippen molar-refractivity contribution in [2.45, 2.75) is 82.8 Å². The number of aliphatic carboxylic acids is 1. The minimum Gasteiger partial charge on any atom is -0.481 e. The molecule has 2 unspecified atom stereocenters. The molecule has 0 bridgehead atoms. The molecule has 6 atom stereocenters. The molecule has 2 rings (SSSR count). The van der Waals surface area contributed by atoms with Crippen molar-refractivity contribution in [2.24, 2.45) is 0 Å². The Morgan fingerprint density at radius 3 is 2.55 bits per heavy atom. The normalized spacial score (nSPS) is 24.5. The summed E-state index contributed by atoms with van der Waals surface area (Å²) in [4.78, 5) is 23.3. The van der Waals surface area contributed by atoms with E-state index in [1.165, 1.54) is 0 Å². The molecule has 1 aliphatic rings. The highest BCUT2D eigenvalue weighted by atomic mass is 16.7. The third-order valence-corrected chi connectivity index (χ3v) is 5.43. The molecule has 4 N–H and O–H groups in total. The first-order valence-electron chi connectivity index (χ1n) is 11.2. The van der Waals surface area contributed by atoms with E-state index in [0.717, 1.165) is 5.56 Å². The highest BCUT2D eigenvalue weighted by Crippen LogP contribution is 2.23. The highest BCUT2D eigenvalue weighted by molar-refractivity contribution is 5.69. The van der Waals surface area contributed by atoms with Crippen LogP contribution in [0, 0.1) is 0 Å². The number of rotatable bonds is 13. The summed E-state index contributed by atoms with van der Waals surface area (Å²) in [7, 11) is 0. The van der Waals surface area contributed by atoms with E-state index in [-0.39, 0.29) is 38.3 Å². The van der Waals surface area contributed by atoms with Crippen LogP contribution in [0.4, 0.5) is 0 Å². The first-order chi connectivity index (χ1) is 15.7. The molecule has 1 aromatic rings. The largest absolute Gasteiger partial charge is 0.481 e. The quantitative estimate of drug-likeness (QED) is 0.324. The van der Waals surface area contributed by atoms with Gasteiger partial charge in [0.1, 0.15) is 12.2 Å². The minimum atomic E-state index is -0.937. The molecule has 1 aliphatic heterocycles. The number of allylic oxidation sites excluding steroid dienone is 1. The van der Waals surface area contributed by atoms with Crippen LogP contribution in [0.5, 0.6) is 0 Å². The van der Waals surface area contributed by atoms with Gasteiger partial charge in [-0.3, -0.25) is 9.59 Å². The second kappa shape index (κ2) is 13.3. The topological polar surface area (TPSA) is 135 Å². The number of esters is 1. The number of ether oxygens (including phenoxy) is 3. The number of aliphatic hydroxyl groups excluding tert-OH is 2. The molecule has 1 heterocycles. The first kappa shape index (κ1) is 26.8. The van der Waals surface area contributed by atoms with Gasteiger partial charge in [-0.15, -0.1) is 0 Å². The predicted molar refractivity (Wildman–Crippen MR) is 120 cm³/mol. The van der Waals surface area contributed by atoms with E-state index in [9.17, 15) is 19.8 Å². The average molecular weight is 466 g/mol. The number of carbonyl (C=O) groups is 2. The maximum Gasteiger partial charge on any atom is 0.306 e. The van der Waals surface area contributed by atoms with Gasteiger partial charge in [0.05, 0.1) is 31.3 Å². The SMILES string of the molecule is C=C(CCC(=O)O)NC[C@H](OC(=O)CC[C@@H](C)O[C@@H]1OC(C)[C@H](O)CC1O)c1ccccc1. The van der Waals surface area contributed by atoms with Crippen LogP contribution >= 0.6 is 0 Å². The fourth-order valence-corrected chi connectivity index (χ4v) is 3.38. The second-order valence-corrected chi connectivity index (χ2v) is 8.33. The van der Waals surface area contributed by atoms with Gasteiger partial charge >= 0.3 is 11.9 Å². The van der Waals surface area contributed by atoms with Crippen LogP contribution in [0.3, 0.4) is 0 Å². The fourth-order valence-electron chi connectivity index (χ4n) is 3.38. The molecule has 9 heteroatoms. The van der Waals surface area contributed by atoms with Gasteiger partial charge in [0.25, 0.3) is 0 Å². The summed E-state index contributed by atoms with van der Waals surface area (Å²) in [5, 5.41) is 31.7. The number of aliphatic hydroxyl groups is 2. The summed E-state index contributed by atoms with van der Waals surface area (Å²) in [5.74, 6) is -1.32. The van der Waals surface area contributed by atoms with Gasteiger partial charge in [-0.1, -0.05) is 36.9 Å². The summed E-state index contributed by atoms with van der Waals surface area (Å²) in [6.45, 7) is 7.58. The molecular weight excluding hydrogens is 430 g/mol. The van der Waals surface area contributed by atoms with Gasteiger partial charge < -0.3 is 34.8 Å². The standard InChI is InChI=1S/C24H35NO8/c1-15(9-11-22(28)29)25-14-21(18-7-5-4-6-8-18)33-23(30)12-10-16(2)31-24-20(27)13-19(26)17(3)32-24/h4-8,16-17,19-21,24-27H,1,9-14H2,2-3H3,(H,28,29)/t16-,17?,19-,20?,21+,24-/m1/s1. The molecule has 0 radical (unpaired) electrons. The molecule has 1 fully saturated rings. The van der Waals surface area contributed by atoms with Crippen LogP contribution in [-0.2, 0) is 23.8 Å². The Labute approximate surface area is 194 Å². The number of benzene rings is 1. The van der Waals surface area contributed by atoms with Gasteiger partial charge in [0, 0.05) is 18.5 Å². The van der Waals surface area contributed by atoms with Crippen LogP contribution in [-0.4, -0.2) is 64.5 Å². The van der Waals surface area contributed by atoms with Crippen molar-refractivity contribution in [1.29, 1.82) is 0 Å². The van der Waals surface area contributed by atoms with Crippen molar-refractivity contribution in [2.75, 3.05) is 6.54 Å². The lowest BCUT2D eigenvalue weighted by Gasteiger charge is -2.36. The van der Waals surface area contributed by atoms with Crippen LogP contribution in [0.1, 0.15) is 57.6 Å². The molecular formula is C24H35NO8. The van der Waals surface area contributed by atoms with E-state index in [0.29, 0.717) is 12.1 Å². The minimum absolute atomic E-state index is 0.0311. The summed E-state index contributed by atoms with van der Waals surface area (Å²) in [6, 6.07) is 9.26. The first-order valence-corrected chi connectivity index (χ1v) is 11.2. The lowest BCUT2D eigenvalue weighted by Crippen LogP contribution is -2.48. The Bertz CT molecular complexity index is 771. The number of hydrogen-bond donors (Lipinski definition) is 4. The van der Waals surface area contributed by atoms with Crippen molar-refractivity contribution in [3.05, 3.63) is 48.2 Å². The number of nitrogens with one attached hydrogen (secondary N) is 1. The van der Waals surface area contributed by atoms with Gasteiger partial charge in [0.15, 0.2) is 6.29 Å². The molecule has 33 heavy (non-hydrogen) atoms. The van der Waals surface area contributed by atoms with E-state index in [4.69, 9.17) is 19.3 Å². The Balaban J connectivity index is 1.84. The molecule has 1 saturated heterocycles. The summed E-state index contributed by atoms with van der Waals surface area (Å²) < 4.78 is 16.9. The highest BCUT2D eigenvalue weighted by Gasteiger charge is 2.35. The van der Waals surface area contributed by atoms with Gasteiger partial charge in [-0.25, -0.2) is 0 Å². The van der Waals surface area contributed by atoms with Crippen LogP contribution in [0.15, 0.2) is 42.6 Å². The zero-order chi connectivity index (χ0) is 24.4. The van der Waals surface area contributed by atoms with E-state index in [1.807, 2.05) is 30.3 Å². The number of carboxylic acids is 1.